The maximum absolute atomic E-state index is 13.0. The molecule has 1 heterocycles. The minimum absolute atomic E-state index is 0.0155. The molecule has 1 aromatic rings. The topological polar surface area (TPSA) is 38.8 Å². The summed E-state index contributed by atoms with van der Waals surface area (Å²) in [5, 5.41) is 0.420. The van der Waals surface area contributed by atoms with Gasteiger partial charge in [0.1, 0.15) is 0 Å². The SMILES string of the molecule is COc1cc(C(=O)N2CC[C@H]3CCCC[C@@H]3C2)cc(Cl)c1OC(C)C. The zero-order valence-electron chi connectivity index (χ0n) is 15.4. The number of benzene rings is 1. The van der Waals surface area contributed by atoms with E-state index in [-0.39, 0.29) is 12.0 Å². The molecule has 4 nitrogen and oxygen atoms in total. The summed E-state index contributed by atoms with van der Waals surface area (Å²) in [4.78, 5) is 15.0. The quantitative estimate of drug-likeness (QED) is 0.770. The molecule has 25 heavy (non-hydrogen) atoms. The third kappa shape index (κ3) is 4.05. The number of nitrogens with zero attached hydrogens (tertiary/aromatic N) is 1. The minimum Gasteiger partial charge on any atom is -0.493 e. The molecule has 1 aromatic carbocycles. The number of fused-ring (bicyclic) bond motifs is 1. The minimum atomic E-state index is -0.0155. The average molecular weight is 366 g/mol. The highest BCUT2D eigenvalue weighted by molar-refractivity contribution is 6.32. The number of likely N-dealkylation sites (tertiary alicyclic amines) is 1. The van der Waals surface area contributed by atoms with Gasteiger partial charge in [0, 0.05) is 18.7 Å². The van der Waals surface area contributed by atoms with Crippen LogP contribution in [0.25, 0.3) is 0 Å². The van der Waals surface area contributed by atoms with Gasteiger partial charge in [-0.2, -0.15) is 0 Å². The summed E-state index contributed by atoms with van der Waals surface area (Å²) in [5.41, 5.74) is 0.576. The Morgan fingerprint density at radius 3 is 2.60 bits per heavy atom. The Balaban J connectivity index is 1.79. The van der Waals surface area contributed by atoms with Crippen molar-refractivity contribution < 1.29 is 14.3 Å². The number of ether oxygens (including phenoxy) is 2. The number of rotatable bonds is 4. The monoisotopic (exact) mass is 365 g/mol. The zero-order chi connectivity index (χ0) is 18.0. The van der Waals surface area contributed by atoms with Gasteiger partial charge in [0.25, 0.3) is 5.91 Å². The molecule has 0 unspecified atom stereocenters. The fourth-order valence-electron chi connectivity index (χ4n) is 4.16. The second-order valence-electron chi connectivity index (χ2n) is 7.50. The number of methoxy groups -OCH3 is 1. The molecule has 0 radical (unpaired) electrons. The van der Waals surface area contributed by atoms with Crippen LogP contribution in [0.1, 0.15) is 56.3 Å². The first-order valence-electron chi connectivity index (χ1n) is 9.33. The number of piperidine rings is 1. The van der Waals surface area contributed by atoms with E-state index in [4.69, 9.17) is 21.1 Å². The van der Waals surface area contributed by atoms with Crippen molar-refractivity contribution in [2.45, 2.75) is 52.1 Å². The van der Waals surface area contributed by atoms with Crippen LogP contribution < -0.4 is 9.47 Å². The molecule has 0 aromatic heterocycles. The summed E-state index contributed by atoms with van der Waals surface area (Å²) >= 11 is 6.38. The van der Waals surface area contributed by atoms with Gasteiger partial charge in [-0.05, 0) is 50.7 Å². The Labute approximate surface area is 155 Å². The Hall–Kier alpha value is -1.42. The van der Waals surface area contributed by atoms with E-state index in [1.165, 1.54) is 25.7 Å². The molecule has 2 fully saturated rings. The number of hydrogen-bond donors (Lipinski definition) is 0. The number of carbonyl (C=O) groups is 1. The summed E-state index contributed by atoms with van der Waals surface area (Å²) in [6.07, 6.45) is 6.32. The maximum Gasteiger partial charge on any atom is 0.254 e. The number of amides is 1. The third-order valence-electron chi connectivity index (χ3n) is 5.41. The lowest BCUT2D eigenvalue weighted by Crippen LogP contribution is -2.44. The molecule has 0 spiro atoms. The molecule has 5 heteroatoms. The van der Waals surface area contributed by atoms with Crippen LogP contribution in [0.4, 0.5) is 0 Å². The van der Waals surface area contributed by atoms with E-state index in [0.29, 0.717) is 28.0 Å². The summed E-state index contributed by atoms with van der Waals surface area (Å²) in [6, 6.07) is 3.45. The van der Waals surface area contributed by atoms with Gasteiger partial charge in [-0.1, -0.05) is 30.9 Å². The van der Waals surface area contributed by atoms with Gasteiger partial charge in [-0.3, -0.25) is 4.79 Å². The van der Waals surface area contributed by atoms with Gasteiger partial charge in [0.2, 0.25) is 0 Å². The third-order valence-corrected chi connectivity index (χ3v) is 5.69. The van der Waals surface area contributed by atoms with Crippen LogP contribution in [0, 0.1) is 11.8 Å². The number of halogens is 1. The molecule has 138 valence electrons. The van der Waals surface area contributed by atoms with Crippen LogP contribution in [-0.4, -0.2) is 37.1 Å². The molecule has 1 saturated heterocycles. The molecule has 1 amide bonds. The van der Waals surface area contributed by atoms with Crippen LogP contribution >= 0.6 is 11.6 Å². The molecule has 1 saturated carbocycles. The van der Waals surface area contributed by atoms with Gasteiger partial charge in [0.15, 0.2) is 11.5 Å². The summed E-state index contributed by atoms with van der Waals surface area (Å²) in [6.45, 7) is 5.57. The van der Waals surface area contributed by atoms with Crippen molar-refractivity contribution in [1.29, 1.82) is 0 Å². The van der Waals surface area contributed by atoms with E-state index >= 15 is 0 Å². The molecular weight excluding hydrogens is 338 g/mol. The highest BCUT2D eigenvalue weighted by Crippen LogP contribution is 2.39. The van der Waals surface area contributed by atoms with E-state index in [0.717, 1.165) is 25.4 Å². The van der Waals surface area contributed by atoms with Crippen molar-refractivity contribution in [1.82, 2.24) is 4.90 Å². The Morgan fingerprint density at radius 1 is 1.20 bits per heavy atom. The molecule has 1 aliphatic heterocycles. The molecule has 1 aliphatic carbocycles. The smallest absolute Gasteiger partial charge is 0.254 e. The van der Waals surface area contributed by atoms with Gasteiger partial charge in [-0.25, -0.2) is 0 Å². The predicted molar refractivity (Wildman–Crippen MR) is 99.7 cm³/mol. The van der Waals surface area contributed by atoms with Crippen LogP contribution in [0.3, 0.4) is 0 Å². The first-order valence-corrected chi connectivity index (χ1v) is 9.71. The summed E-state index contributed by atoms with van der Waals surface area (Å²) in [5.74, 6) is 2.52. The second-order valence-corrected chi connectivity index (χ2v) is 7.91. The van der Waals surface area contributed by atoms with Gasteiger partial charge in [-0.15, -0.1) is 0 Å². The van der Waals surface area contributed by atoms with Crippen LogP contribution in [0.5, 0.6) is 11.5 Å². The molecule has 2 atom stereocenters. The Kier molecular flexibility index (Phi) is 5.78. The fraction of sp³-hybridized carbons (Fsp3) is 0.650. The van der Waals surface area contributed by atoms with Crippen LogP contribution in [0.2, 0.25) is 5.02 Å². The Morgan fingerprint density at radius 2 is 1.92 bits per heavy atom. The van der Waals surface area contributed by atoms with Crippen molar-refractivity contribution >= 4 is 17.5 Å². The fourth-order valence-corrected chi connectivity index (χ4v) is 4.42. The highest BCUT2D eigenvalue weighted by atomic mass is 35.5. The molecular formula is C20H28ClNO3. The van der Waals surface area contributed by atoms with Crippen molar-refractivity contribution in [2.24, 2.45) is 11.8 Å². The first-order chi connectivity index (χ1) is 12.0. The van der Waals surface area contributed by atoms with Crippen molar-refractivity contribution in [3.63, 3.8) is 0 Å². The normalized spacial score (nSPS) is 23.3. The Bertz CT molecular complexity index is 632. The van der Waals surface area contributed by atoms with E-state index in [1.807, 2.05) is 18.7 Å². The predicted octanol–water partition coefficient (Wildman–Crippen LogP) is 4.79. The van der Waals surface area contributed by atoms with E-state index < -0.39 is 0 Å². The number of carbonyl (C=O) groups excluding carboxylic acids is 1. The standard InChI is InChI=1S/C20H28ClNO3/c1-13(2)25-19-17(21)10-16(11-18(19)24-3)20(23)22-9-8-14-6-4-5-7-15(14)12-22/h10-11,13-15H,4-9,12H2,1-3H3/t14-,15-/m1/s1. The molecule has 0 N–H and O–H groups in total. The van der Waals surface area contributed by atoms with Crippen LogP contribution in [-0.2, 0) is 0 Å². The molecule has 3 rings (SSSR count). The lowest BCUT2D eigenvalue weighted by atomic mass is 9.75. The summed E-state index contributed by atoms with van der Waals surface area (Å²) < 4.78 is 11.1. The molecule has 2 aliphatic rings. The highest BCUT2D eigenvalue weighted by Gasteiger charge is 2.33. The zero-order valence-corrected chi connectivity index (χ0v) is 16.1. The van der Waals surface area contributed by atoms with Gasteiger partial charge < -0.3 is 14.4 Å². The maximum atomic E-state index is 13.0. The second kappa shape index (κ2) is 7.86. The average Bonchev–Trinajstić information content (AvgIpc) is 2.61. The lowest BCUT2D eigenvalue weighted by molar-refractivity contribution is 0.0520. The van der Waals surface area contributed by atoms with E-state index in [1.54, 1.807) is 19.2 Å². The lowest BCUT2D eigenvalue weighted by Gasteiger charge is -2.41. The van der Waals surface area contributed by atoms with Gasteiger partial charge >= 0.3 is 0 Å². The van der Waals surface area contributed by atoms with E-state index in [2.05, 4.69) is 0 Å². The van der Waals surface area contributed by atoms with E-state index in [9.17, 15) is 4.79 Å². The first kappa shape index (κ1) is 18.4. The summed E-state index contributed by atoms with van der Waals surface area (Å²) in [7, 11) is 1.57. The van der Waals surface area contributed by atoms with Crippen molar-refractivity contribution in [3.05, 3.63) is 22.7 Å². The van der Waals surface area contributed by atoms with Crippen molar-refractivity contribution in [2.75, 3.05) is 20.2 Å². The number of hydrogen-bond acceptors (Lipinski definition) is 3. The largest absolute Gasteiger partial charge is 0.493 e. The van der Waals surface area contributed by atoms with Gasteiger partial charge in [0.05, 0.1) is 18.2 Å². The van der Waals surface area contributed by atoms with Crippen molar-refractivity contribution in [3.8, 4) is 11.5 Å². The molecule has 0 bridgehead atoms. The van der Waals surface area contributed by atoms with Crippen LogP contribution in [0.15, 0.2) is 12.1 Å².